The summed E-state index contributed by atoms with van der Waals surface area (Å²) in [6.07, 6.45) is -4.10. The Labute approximate surface area is 205 Å². The number of hydrogen-bond donors (Lipinski definition) is 1. The molecule has 1 amide bonds. The average molecular weight is 533 g/mol. The first kappa shape index (κ1) is 26.4. The number of sulfonamides is 1. The van der Waals surface area contributed by atoms with Crippen LogP contribution in [0.1, 0.15) is 49.4 Å². The summed E-state index contributed by atoms with van der Waals surface area (Å²) < 4.78 is 92.8. The molecule has 7 nitrogen and oxygen atoms in total. The first-order chi connectivity index (χ1) is 16.9. The monoisotopic (exact) mass is 532 g/mol. The van der Waals surface area contributed by atoms with Gasteiger partial charge in [0.25, 0.3) is 0 Å². The third-order valence-electron chi connectivity index (χ3n) is 6.72. The van der Waals surface area contributed by atoms with Gasteiger partial charge in [-0.2, -0.15) is 17.5 Å². The fourth-order valence-corrected chi connectivity index (χ4v) is 6.37. The Morgan fingerprint density at radius 3 is 2.39 bits per heavy atom. The zero-order valence-corrected chi connectivity index (χ0v) is 19.9. The van der Waals surface area contributed by atoms with Gasteiger partial charge in [-0.15, -0.1) is 0 Å². The molecule has 4 rings (SSSR count). The Hall–Kier alpha value is -2.67. The van der Waals surface area contributed by atoms with E-state index in [1.165, 1.54) is 6.33 Å². The molecule has 2 atom stereocenters. The first-order valence-corrected chi connectivity index (χ1v) is 13.0. The van der Waals surface area contributed by atoms with Crippen molar-refractivity contribution in [3.05, 3.63) is 53.9 Å². The third-order valence-corrected chi connectivity index (χ3v) is 8.61. The standard InChI is InChI=1S/C23H25F5N4O3S/c24-16-5-7-19(8-6-16)36(34,35)32-12-17(25)9-21(32)22(33)29-11-18-10-20(31-13-30-18)14-1-3-15(4-2-14)23(26,27)28/h5-8,10,13-15,17,21H,1-4,9,11-12H2,(H,29,33)/t14-,15-,17-,21+/m1/s1. The van der Waals surface area contributed by atoms with Crippen molar-refractivity contribution in [2.24, 2.45) is 5.92 Å². The third kappa shape index (κ3) is 5.83. The van der Waals surface area contributed by atoms with Crippen LogP contribution in [0, 0.1) is 11.7 Å². The molecule has 1 N–H and O–H groups in total. The number of rotatable bonds is 6. The zero-order valence-electron chi connectivity index (χ0n) is 19.1. The van der Waals surface area contributed by atoms with Crippen LogP contribution in [0.25, 0.3) is 0 Å². The van der Waals surface area contributed by atoms with Crippen LogP contribution in [0.2, 0.25) is 0 Å². The summed E-state index contributed by atoms with van der Waals surface area (Å²) in [6.45, 7) is -0.597. The number of benzene rings is 1. The van der Waals surface area contributed by atoms with Crippen LogP contribution >= 0.6 is 0 Å². The van der Waals surface area contributed by atoms with Crippen LogP contribution in [-0.4, -0.2) is 53.5 Å². The second kappa shape index (κ2) is 10.4. The second-order valence-corrected chi connectivity index (χ2v) is 11.0. The Kier molecular flexibility index (Phi) is 7.60. The van der Waals surface area contributed by atoms with Crippen molar-refractivity contribution < 1.29 is 35.2 Å². The van der Waals surface area contributed by atoms with E-state index in [0.717, 1.165) is 28.6 Å². The first-order valence-electron chi connectivity index (χ1n) is 11.5. The lowest BCUT2D eigenvalue weighted by Gasteiger charge is -2.29. The maximum atomic E-state index is 14.2. The predicted molar refractivity (Wildman–Crippen MR) is 118 cm³/mol. The van der Waals surface area contributed by atoms with Crippen molar-refractivity contribution in [1.82, 2.24) is 19.6 Å². The average Bonchev–Trinajstić information content (AvgIpc) is 3.25. The molecule has 2 aliphatic rings. The molecular weight excluding hydrogens is 507 g/mol. The van der Waals surface area contributed by atoms with Gasteiger partial charge in [0, 0.05) is 24.6 Å². The molecule has 2 fully saturated rings. The van der Waals surface area contributed by atoms with Crippen LogP contribution in [0.5, 0.6) is 0 Å². The molecule has 1 aromatic heterocycles. The number of alkyl halides is 4. The predicted octanol–water partition coefficient (Wildman–Crippen LogP) is 3.87. The summed E-state index contributed by atoms with van der Waals surface area (Å²) in [5.41, 5.74) is 0.981. The van der Waals surface area contributed by atoms with Crippen molar-refractivity contribution in [3.63, 3.8) is 0 Å². The SMILES string of the molecule is O=C(NCc1cc([C@H]2CC[C@H](C(F)(F)F)CC2)ncn1)[C@@H]1C[C@@H](F)CN1S(=O)(=O)c1ccc(F)cc1. The lowest BCUT2D eigenvalue weighted by Crippen LogP contribution is -2.45. The van der Waals surface area contributed by atoms with E-state index < -0.39 is 52.6 Å². The summed E-state index contributed by atoms with van der Waals surface area (Å²) in [4.78, 5) is 20.8. The van der Waals surface area contributed by atoms with Crippen molar-refractivity contribution >= 4 is 15.9 Å². The molecule has 1 aliphatic heterocycles. The quantitative estimate of drug-likeness (QED) is 0.571. The molecule has 0 spiro atoms. The topological polar surface area (TPSA) is 92.3 Å². The van der Waals surface area contributed by atoms with E-state index in [0.29, 0.717) is 24.2 Å². The van der Waals surface area contributed by atoms with Gasteiger partial charge in [0.1, 0.15) is 24.4 Å². The van der Waals surface area contributed by atoms with Crippen molar-refractivity contribution in [2.45, 2.75) is 67.9 Å². The highest BCUT2D eigenvalue weighted by Crippen LogP contribution is 2.42. The van der Waals surface area contributed by atoms with Gasteiger partial charge in [-0.1, -0.05) is 0 Å². The highest BCUT2D eigenvalue weighted by Gasteiger charge is 2.44. The molecule has 1 aromatic carbocycles. The molecule has 2 heterocycles. The molecule has 13 heteroatoms. The van der Waals surface area contributed by atoms with Crippen molar-refractivity contribution in [3.8, 4) is 0 Å². The molecule has 1 saturated carbocycles. The molecule has 0 radical (unpaired) electrons. The number of aromatic nitrogens is 2. The summed E-state index contributed by atoms with van der Waals surface area (Å²) >= 11 is 0. The maximum Gasteiger partial charge on any atom is 0.391 e. The molecule has 1 aliphatic carbocycles. The number of amides is 1. The van der Waals surface area contributed by atoms with E-state index in [1.807, 2.05) is 0 Å². The minimum absolute atomic E-state index is 0.0225. The number of nitrogens with one attached hydrogen (secondary N) is 1. The van der Waals surface area contributed by atoms with Crippen LogP contribution < -0.4 is 5.32 Å². The largest absolute Gasteiger partial charge is 0.391 e. The summed E-state index contributed by atoms with van der Waals surface area (Å²) in [6, 6.07) is 4.35. The van der Waals surface area contributed by atoms with Crippen LogP contribution in [0.4, 0.5) is 22.0 Å². The molecule has 2 aromatic rings. The normalized spacial score (nSPS) is 25.6. The van der Waals surface area contributed by atoms with E-state index >= 15 is 0 Å². The minimum atomic E-state index is -4.24. The Morgan fingerprint density at radius 1 is 1.08 bits per heavy atom. The molecule has 1 saturated heterocycles. The van der Waals surface area contributed by atoms with Crippen LogP contribution in [-0.2, 0) is 21.4 Å². The van der Waals surface area contributed by atoms with Gasteiger partial charge in [0.2, 0.25) is 15.9 Å². The number of carbonyl (C=O) groups excluding carboxylic acids is 1. The summed E-state index contributed by atoms with van der Waals surface area (Å²) in [5.74, 6) is -2.81. The van der Waals surface area contributed by atoms with E-state index in [1.54, 1.807) is 6.07 Å². The van der Waals surface area contributed by atoms with Gasteiger partial charge in [0.15, 0.2) is 0 Å². The molecular formula is C23H25F5N4O3S. The second-order valence-electron chi connectivity index (χ2n) is 9.12. The van der Waals surface area contributed by atoms with Gasteiger partial charge in [0.05, 0.1) is 23.1 Å². The van der Waals surface area contributed by atoms with Gasteiger partial charge in [-0.05, 0) is 56.0 Å². The smallest absolute Gasteiger partial charge is 0.349 e. The highest BCUT2D eigenvalue weighted by molar-refractivity contribution is 7.89. The number of carbonyl (C=O) groups is 1. The van der Waals surface area contributed by atoms with E-state index in [2.05, 4.69) is 15.3 Å². The molecule has 0 unspecified atom stereocenters. The lowest BCUT2D eigenvalue weighted by molar-refractivity contribution is -0.182. The van der Waals surface area contributed by atoms with E-state index in [9.17, 15) is 35.2 Å². The van der Waals surface area contributed by atoms with E-state index in [4.69, 9.17) is 0 Å². The van der Waals surface area contributed by atoms with Crippen molar-refractivity contribution in [1.29, 1.82) is 0 Å². The van der Waals surface area contributed by atoms with Crippen LogP contribution in [0.3, 0.4) is 0 Å². The zero-order chi connectivity index (χ0) is 26.1. The Balaban J connectivity index is 1.40. The maximum absolute atomic E-state index is 14.2. The Morgan fingerprint density at radius 2 is 1.75 bits per heavy atom. The lowest BCUT2D eigenvalue weighted by atomic mass is 9.80. The van der Waals surface area contributed by atoms with Crippen molar-refractivity contribution in [2.75, 3.05) is 6.54 Å². The fraction of sp³-hybridized carbons (Fsp3) is 0.522. The number of nitrogens with zero attached hydrogens (tertiary/aromatic N) is 3. The molecule has 0 bridgehead atoms. The van der Waals surface area contributed by atoms with Gasteiger partial charge in [-0.25, -0.2) is 27.2 Å². The highest BCUT2D eigenvalue weighted by atomic mass is 32.2. The molecule has 36 heavy (non-hydrogen) atoms. The number of halogens is 5. The summed E-state index contributed by atoms with van der Waals surface area (Å²) in [5, 5.41) is 2.57. The minimum Gasteiger partial charge on any atom is -0.349 e. The summed E-state index contributed by atoms with van der Waals surface area (Å²) in [7, 11) is -4.24. The fourth-order valence-electron chi connectivity index (χ4n) is 4.75. The van der Waals surface area contributed by atoms with Gasteiger partial charge < -0.3 is 5.32 Å². The molecule has 196 valence electrons. The Bertz CT molecular complexity index is 1180. The van der Waals surface area contributed by atoms with Gasteiger partial charge in [-0.3, -0.25) is 4.79 Å². The number of hydrogen-bond acceptors (Lipinski definition) is 5. The van der Waals surface area contributed by atoms with E-state index in [-0.39, 0.29) is 36.6 Å². The van der Waals surface area contributed by atoms with Crippen LogP contribution in [0.15, 0.2) is 41.6 Å². The van der Waals surface area contributed by atoms with Gasteiger partial charge >= 0.3 is 6.18 Å².